The SMILES string of the molecule is Cn1nnnc1SO. The van der Waals surface area contributed by atoms with Crippen LogP contribution < -0.4 is 0 Å². The van der Waals surface area contributed by atoms with Crippen LogP contribution in [0.5, 0.6) is 0 Å². The van der Waals surface area contributed by atoms with Gasteiger partial charge in [-0.25, -0.2) is 4.68 Å². The van der Waals surface area contributed by atoms with E-state index in [1.54, 1.807) is 7.05 Å². The minimum Gasteiger partial charge on any atom is -0.323 e. The van der Waals surface area contributed by atoms with Crippen molar-refractivity contribution >= 4 is 12.0 Å². The van der Waals surface area contributed by atoms with Gasteiger partial charge in [0, 0.05) is 7.05 Å². The first-order valence-electron chi connectivity index (χ1n) is 1.88. The van der Waals surface area contributed by atoms with Crippen molar-refractivity contribution in [2.75, 3.05) is 0 Å². The number of aryl methyl sites for hydroxylation is 1. The molecule has 0 spiro atoms. The fourth-order valence-corrected chi connectivity index (χ4v) is 0.526. The molecule has 0 aliphatic heterocycles. The van der Waals surface area contributed by atoms with Gasteiger partial charge in [-0.2, -0.15) is 0 Å². The van der Waals surface area contributed by atoms with Crippen molar-refractivity contribution in [3.05, 3.63) is 0 Å². The summed E-state index contributed by atoms with van der Waals surface area (Å²) in [6.45, 7) is 0. The number of tetrazole rings is 1. The highest BCUT2D eigenvalue weighted by atomic mass is 32.2. The van der Waals surface area contributed by atoms with Gasteiger partial charge < -0.3 is 4.55 Å². The van der Waals surface area contributed by atoms with E-state index < -0.39 is 0 Å². The zero-order valence-electron chi connectivity index (χ0n) is 4.14. The second-order valence-corrected chi connectivity index (χ2v) is 1.72. The molecule has 0 unspecified atom stereocenters. The van der Waals surface area contributed by atoms with E-state index in [2.05, 4.69) is 15.5 Å². The van der Waals surface area contributed by atoms with Crippen LogP contribution in [0.4, 0.5) is 0 Å². The van der Waals surface area contributed by atoms with Crippen LogP contribution in [-0.2, 0) is 7.05 Å². The number of nitrogens with zero attached hydrogens (tertiary/aromatic N) is 4. The van der Waals surface area contributed by atoms with E-state index in [0.717, 1.165) is 0 Å². The van der Waals surface area contributed by atoms with E-state index in [4.69, 9.17) is 4.55 Å². The summed E-state index contributed by atoms with van der Waals surface area (Å²) < 4.78 is 9.74. The lowest BCUT2D eigenvalue weighted by Crippen LogP contribution is -1.91. The van der Waals surface area contributed by atoms with Gasteiger partial charge in [-0.3, -0.25) is 0 Å². The van der Waals surface area contributed by atoms with Crippen LogP contribution in [0.1, 0.15) is 0 Å². The van der Waals surface area contributed by atoms with Crippen molar-refractivity contribution in [2.24, 2.45) is 7.05 Å². The normalized spacial score (nSPS) is 9.75. The fraction of sp³-hybridized carbons (Fsp3) is 0.500. The van der Waals surface area contributed by atoms with Crippen molar-refractivity contribution in [1.82, 2.24) is 20.2 Å². The van der Waals surface area contributed by atoms with Crippen LogP contribution in [0, 0.1) is 0 Å². The molecule has 1 N–H and O–H groups in total. The first kappa shape index (κ1) is 5.52. The Bertz CT molecular complexity index is 174. The molecule has 5 nitrogen and oxygen atoms in total. The number of rotatable bonds is 1. The first-order chi connectivity index (χ1) is 3.84. The lowest BCUT2D eigenvalue weighted by Gasteiger charge is -1.85. The average Bonchev–Trinajstić information content (AvgIpc) is 2.14. The van der Waals surface area contributed by atoms with Crippen LogP contribution in [0.15, 0.2) is 5.16 Å². The van der Waals surface area contributed by atoms with Gasteiger partial charge >= 0.3 is 0 Å². The number of hydrogen-bond acceptors (Lipinski definition) is 5. The van der Waals surface area contributed by atoms with E-state index in [1.165, 1.54) is 4.68 Å². The third-order valence-electron chi connectivity index (χ3n) is 0.663. The molecule has 1 heterocycles. The lowest BCUT2D eigenvalue weighted by atomic mass is 11.2. The second-order valence-electron chi connectivity index (χ2n) is 1.18. The van der Waals surface area contributed by atoms with Crippen LogP contribution in [0.2, 0.25) is 0 Å². The van der Waals surface area contributed by atoms with Crippen molar-refractivity contribution in [3.8, 4) is 0 Å². The van der Waals surface area contributed by atoms with Crippen molar-refractivity contribution in [3.63, 3.8) is 0 Å². The second kappa shape index (κ2) is 2.10. The lowest BCUT2D eigenvalue weighted by molar-refractivity contribution is 0.620. The molecule has 0 saturated carbocycles. The van der Waals surface area contributed by atoms with E-state index in [9.17, 15) is 0 Å². The zero-order valence-corrected chi connectivity index (χ0v) is 4.96. The number of hydrogen-bond donors (Lipinski definition) is 1. The van der Waals surface area contributed by atoms with Crippen molar-refractivity contribution in [2.45, 2.75) is 5.16 Å². The summed E-state index contributed by atoms with van der Waals surface area (Å²) in [6.07, 6.45) is 0. The molecule has 0 amide bonds. The number of aromatic nitrogens is 4. The zero-order chi connectivity index (χ0) is 5.98. The Morgan fingerprint density at radius 2 is 2.50 bits per heavy atom. The Labute approximate surface area is 49.9 Å². The summed E-state index contributed by atoms with van der Waals surface area (Å²) in [5.41, 5.74) is 0. The molecule has 1 rings (SSSR count). The molecule has 0 aromatic carbocycles. The quantitative estimate of drug-likeness (QED) is 0.535. The Hall–Kier alpha value is -0.620. The molecule has 0 bridgehead atoms. The highest BCUT2D eigenvalue weighted by Gasteiger charge is 1.97. The molecular weight excluding hydrogens is 128 g/mol. The maximum absolute atomic E-state index is 8.36. The predicted octanol–water partition coefficient (Wildman–Crippen LogP) is -0.225. The molecule has 8 heavy (non-hydrogen) atoms. The van der Waals surface area contributed by atoms with E-state index in [0.29, 0.717) is 17.2 Å². The van der Waals surface area contributed by atoms with E-state index in [-0.39, 0.29) is 0 Å². The third kappa shape index (κ3) is 0.797. The summed E-state index contributed by atoms with van der Waals surface area (Å²) >= 11 is 0.529. The van der Waals surface area contributed by atoms with Gasteiger partial charge in [0.1, 0.15) is 0 Å². The van der Waals surface area contributed by atoms with Crippen molar-refractivity contribution in [1.29, 1.82) is 0 Å². The van der Waals surface area contributed by atoms with Gasteiger partial charge in [0.15, 0.2) is 0 Å². The molecule has 1 aromatic heterocycles. The summed E-state index contributed by atoms with van der Waals surface area (Å²) in [5.74, 6) is 0. The van der Waals surface area contributed by atoms with Gasteiger partial charge in [0.25, 0.3) is 0 Å². The van der Waals surface area contributed by atoms with Gasteiger partial charge in [0.2, 0.25) is 5.16 Å². The van der Waals surface area contributed by atoms with Crippen LogP contribution in [-0.4, -0.2) is 24.8 Å². The molecule has 0 radical (unpaired) electrons. The molecule has 44 valence electrons. The summed E-state index contributed by atoms with van der Waals surface area (Å²) in [6, 6.07) is 0. The minimum absolute atomic E-state index is 0.394. The Morgan fingerprint density at radius 1 is 1.75 bits per heavy atom. The summed E-state index contributed by atoms with van der Waals surface area (Å²) in [4.78, 5) is 0. The molecule has 1 aromatic rings. The molecule has 6 heteroatoms. The molecule has 0 saturated heterocycles. The Morgan fingerprint density at radius 3 is 2.75 bits per heavy atom. The smallest absolute Gasteiger partial charge is 0.235 e. The van der Waals surface area contributed by atoms with Crippen molar-refractivity contribution < 1.29 is 4.55 Å². The Kier molecular flexibility index (Phi) is 1.45. The van der Waals surface area contributed by atoms with Gasteiger partial charge in [-0.1, -0.05) is 5.10 Å². The maximum Gasteiger partial charge on any atom is 0.235 e. The van der Waals surface area contributed by atoms with Gasteiger partial charge in [-0.05, 0) is 10.4 Å². The van der Waals surface area contributed by atoms with Crippen LogP contribution >= 0.6 is 12.0 Å². The predicted molar refractivity (Wildman–Crippen MR) is 27.3 cm³/mol. The molecule has 0 atom stereocenters. The molecular formula is C2H4N4OS. The first-order valence-corrected chi connectivity index (χ1v) is 2.65. The molecule has 0 aliphatic carbocycles. The van der Waals surface area contributed by atoms with Crippen LogP contribution in [0.25, 0.3) is 0 Å². The summed E-state index contributed by atoms with van der Waals surface area (Å²) in [7, 11) is 1.65. The van der Waals surface area contributed by atoms with E-state index in [1.807, 2.05) is 0 Å². The topological polar surface area (TPSA) is 63.8 Å². The largest absolute Gasteiger partial charge is 0.323 e. The Balaban J connectivity index is 2.92. The highest BCUT2D eigenvalue weighted by molar-refractivity contribution is 7.93. The van der Waals surface area contributed by atoms with Crippen LogP contribution in [0.3, 0.4) is 0 Å². The third-order valence-corrected chi connectivity index (χ3v) is 1.17. The maximum atomic E-state index is 8.36. The highest BCUT2D eigenvalue weighted by Crippen LogP contribution is 2.04. The summed E-state index contributed by atoms with van der Waals surface area (Å²) in [5, 5.41) is 10.6. The monoisotopic (exact) mass is 132 g/mol. The standard InChI is InChI=1S/C2H4N4OS/c1-6-2(8-7)3-4-5-6/h7H,1H3. The molecule has 0 fully saturated rings. The van der Waals surface area contributed by atoms with Gasteiger partial charge in [-0.15, -0.1) is 0 Å². The fourth-order valence-electron chi connectivity index (χ4n) is 0.299. The molecule has 0 aliphatic rings. The minimum atomic E-state index is 0.394. The average molecular weight is 132 g/mol. The van der Waals surface area contributed by atoms with E-state index >= 15 is 0 Å². The van der Waals surface area contributed by atoms with Gasteiger partial charge in [0.05, 0.1) is 12.0 Å².